The average molecular weight is 889 g/mol. The van der Waals surface area contributed by atoms with Gasteiger partial charge in [0, 0.05) is 81.8 Å². The zero-order valence-corrected chi connectivity index (χ0v) is 35.8. The minimum absolute atomic E-state index is 0.128. The molecule has 20 nitrogen and oxygen atoms in total. The van der Waals surface area contributed by atoms with Crippen LogP contribution in [-0.2, 0) is 37.4 Å². The lowest BCUT2D eigenvalue weighted by Gasteiger charge is -2.32. The number of piperidine rings is 1. The summed E-state index contributed by atoms with van der Waals surface area (Å²) in [5, 5.41) is 8.15. The van der Waals surface area contributed by atoms with E-state index >= 15 is 0 Å². The molecule has 2 aliphatic heterocycles. The zero-order chi connectivity index (χ0) is 44.1. The number of nitrogens with two attached hydrogens (primary N) is 1. The molecule has 6 heterocycles. The minimum atomic E-state index is -0.815. The van der Waals surface area contributed by atoms with Crippen LogP contribution in [0.4, 0.5) is 5.95 Å². The first-order valence-corrected chi connectivity index (χ1v) is 21.7. The van der Waals surface area contributed by atoms with E-state index in [1.165, 1.54) is 34.7 Å². The van der Waals surface area contributed by atoms with Crippen LogP contribution in [0.2, 0.25) is 0 Å². The first kappa shape index (κ1) is 45.2. The van der Waals surface area contributed by atoms with Gasteiger partial charge in [-0.15, -0.1) is 11.3 Å². The molecule has 0 radical (unpaired) electrons. The first-order chi connectivity index (χ1) is 30.6. The maximum atomic E-state index is 13.1. The van der Waals surface area contributed by atoms with Crippen molar-refractivity contribution in [3.05, 3.63) is 96.9 Å². The van der Waals surface area contributed by atoms with Crippen molar-refractivity contribution in [3.8, 4) is 16.3 Å². The number of nitrogens with zero attached hydrogens (tertiary/aromatic N) is 6. The normalized spacial score (nSPS) is 17.9. The van der Waals surface area contributed by atoms with Gasteiger partial charge in [-0.3, -0.25) is 23.9 Å². The molecule has 4 aromatic heterocycles. The Morgan fingerprint density at radius 2 is 1.75 bits per heavy atom. The van der Waals surface area contributed by atoms with Crippen LogP contribution in [0.25, 0.3) is 21.5 Å². The minimum Gasteiger partial charge on any atom is -0.484 e. The highest BCUT2D eigenvalue weighted by atomic mass is 32.1. The smallest absolute Gasteiger partial charge is 0.422 e. The summed E-state index contributed by atoms with van der Waals surface area (Å²) in [7, 11) is 1.46. The van der Waals surface area contributed by atoms with Gasteiger partial charge in [-0.1, -0.05) is 6.07 Å². The van der Waals surface area contributed by atoms with E-state index in [0.29, 0.717) is 64.0 Å². The number of hydrogen-bond donors (Lipinski definition) is 4. The fourth-order valence-corrected chi connectivity index (χ4v) is 8.23. The van der Waals surface area contributed by atoms with Crippen molar-refractivity contribution in [2.45, 2.75) is 43.8 Å². The zero-order valence-electron chi connectivity index (χ0n) is 35.0. The van der Waals surface area contributed by atoms with E-state index in [4.69, 9.17) is 29.7 Å². The van der Waals surface area contributed by atoms with Crippen LogP contribution in [0.3, 0.4) is 0 Å². The van der Waals surface area contributed by atoms with Crippen molar-refractivity contribution in [1.29, 1.82) is 0 Å². The van der Waals surface area contributed by atoms with Gasteiger partial charge in [0.2, 0.25) is 11.9 Å². The molecule has 63 heavy (non-hydrogen) atoms. The number of ether oxygens (including phenoxy) is 4. The van der Waals surface area contributed by atoms with Crippen LogP contribution in [0.1, 0.15) is 36.6 Å². The Morgan fingerprint density at radius 3 is 2.51 bits per heavy atom. The number of carbonyl (C=O) groups is 2. The lowest BCUT2D eigenvalue weighted by molar-refractivity contribution is -0.140. The van der Waals surface area contributed by atoms with Gasteiger partial charge in [-0.25, -0.2) is 24.5 Å². The number of benzene rings is 1. The van der Waals surface area contributed by atoms with Crippen molar-refractivity contribution in [2.75, 3.05) is 84.3 Å². The number of fused-ring (bicyclic) bond motifs is 1. The summed E-state index contributed by atoms with van der Waals surface area (Å²) < 4.78 is 28.3. The number of carbonyl (C=O) groups excluding carboxylic acids is 2. The van der Waals surface area contributed by atoms with Crippen LogP contribution in [0.15, 0.2) is 73.0 Å². The van der Waals surface area contributed by atoms with Gasteiger partial charge in [-0.2, -0.15) is 0 Å². The Bertz CT molecular complexity index is 2480. The van der Waals surface area contributed by atoms with Crippen LogP contribution in [0.5, 0.6) is 5.75 Å². The number of aromatic amines is 1. The number of rotatable bonds is 21. The van der Waals surface area contributed by atoms with E-state index in [1.807, 2.05) is 29.9 Å². The Morgan fingerprint density at radius 1 is 0.984 bits per heavy atom. The van der Waals surface area contributed by atoms with Crippen molar-refractivity contribution in [3.63, 3.8) is 0 Å². The summed E-state index contributed by atoms with van der Waals surface area (Å²) in [6.07, 6.45) is 5.94. The molecular weight excluding hydrogens is 837 g/mol. The van der Waals surface area contributed by atoms with Gasteiger partial charge in [0.25, 0.3) is 11.5 Å². The van der Waals surface area contributed by atoms with E-state index in [0.717, 1.165) is 47.9 Å². The number of nitrogens with one attached hydrogen (secondary N) is 3. The monoisotopic (exact) mass is 888 g/mol. The summed E-state index contributed by atoms with van der Waals surface area (Å²) in [6.45, 7) is 5.23. The molecule has 2 saturated heterocycles. The standard InChI is InChI=1S/C42H52N10O10S/c1-50-33-19-30(6-7-31(33)40(56)62-42(50)57)61-26-37(54)52-25-29(43)18-34(52)39(55)44-8-11-58-13-15-60-16-14-59-12-9-45-41-46-21-27(22-47-41)23-51-10-2-4-28(24-51)38-48-32(20-36(53)49-38)35-5-3-17-63-35/h3,5-7,17,19-22,28-29,34H,2,4,8-16,18,23-26,43H2,1H3,(H,44,55)(H,45,46,47)(H,48,49,53)/t28?,29-,34-/m0/s1. The molecule has 0 saturated carbocycles. The number of likely N-dealkylation sites (tertiary alicyclic amines) is 2. The molecule has 0 bridgehead atoms. The van der Waals surface area contributed by atoms with Crippen LogP contribution < -0.4 is 38.0 Å². The third-order valence-electron chi connectivity index (χ3n) is 10.7. The lowest BCUT2D eigenvalue weighted by Crippen LogP contribution is -2.48. The van der Waals surface area contributed by atoms with Crippen molar-refractivity contribution < 1.29 is 33.0 Å². The third kappa shape index (κ3) is 12.4. The number of amides is 2. The van der Waals surface area contributed by atoms with Gasteiger partial charge in [0.15, 0.2) is 6.61 Å². The van der Waals surface area contributed by atoms with Crippen molar-refractivity contribution >= 4 is 40.0 Å². The van der Waals surface area contributed by atoms with Gasteiger partial charge in [0.1, 0.15) is 17.6 Å². The molecule has 2 fully saturated rings. The second kappa shape index (κ2) is 22.0. The summed E-state index contributed by atoms with van der Waals surface area (Å²) in [5.74, 6) is 0.0886. The quantitative estimate of drug-likeness (QED) is 0.0752. The molecule has 1 unspecified atom stereocenters. The summed E-state index contributed by atoms with van der Waals surface area (Å²) >= 11 is 1.57. The molecule has 1 aromatic carbocycles. The predicted octanol–water partition coefficient (Wildman–Crippen LogP) is 1.06. The second-order valence-electron chi connectivity index (χ2n) is 15.3. The topological polar surface area (TPSA) is 251 Å². The number of H-pyrrole nitrogens is 1. The fourth-order valence-electron chi connectivity index (χ4n) is 7.54. The van der Waals surface area contributed by atoms with E-state index in [-0.39, 0.29) is 60.9 Å². The Kier molecular flexibility index (Phi) is 15.8. The molecule has 21 heteroatoms. The Labute approximate surface area is 365 Å². The molecule has 2 aliphatic rings. The average Bonchev–Trinajstić information content (AvgIpc) is 3.98. The number of hydrogen-bond acceptors (Lipinski definition) is 17. The summed E-state index contributed by atoms with van der Waals surface area (Å²) in [5.41, 5.74) is 7.24. The van der Waals surface area contributed by atoms with Crippen LogP contribution in [-0.4, -0.2) is 137 Å². The van der Waals surface area contributed by atoms with Gasteiger partial charge in [0.05, 0.1) is 61.1 Å². The van der Waals surface area contributed by atoms with Gasteiger partial charge >= 0.3 is 11.4 Å². The summed E-state index contributed by atoms with van der Waals surface area (Å²) in [6, 6.07) is 8.80. The molecule has 5 aromatic rings. The number of thiophene rings is 1. The molecule has 0 spiro atoms. The van der Waals surface area contributed by atoms with E-state index in [1.54, 1.807) is 17.4 Å². The molecule has 0 aliphatic carbocycles. The summed E-state index contributed by atoms with van der Waals surface area (Å²) in [4.78, 5) is 83.7. The highest BCUT2D eigenvalue weighted by molar-refractivity contribution is 7.13. The highest BCUT2D eigenvalue weighted by Gasteiger charge is 2.38. The number of anilines is 1. The van der Waals surface area contributed by atoms with Crippen LogP contribution in [0, 0.1) is 0 Å². The Balaban J connectivity index is 0.707. The van der Waals surface area contributed by atoms with Crippen molar-refractivity contribution in [1.82, 2.24) is 39.6 Å². The number of aromatic nitrogens is 5. The highest BCUT2D eigenvalue weighted by Crippen LogP contribution is 2.28. The molecule has 336 valence electrons. The molecule has 7 rings (SSSR count). The lowest BCUT2D eigenvalue weighted by atomic mass is 9.96. The fraction of sp³-hybridized carbons (Fsp3) is 0.476. The SMILES string of the molecule is Cn1c(=O)oc(=O)c2ccc(OCC(=O)N3C[C@@H](N)C[C@H]3C(=O)NCCOCCOCCOCCNc3ncc(CN4CCCC(c5nc(-c6cccs6)cc(=O)[nH]5)C4)cn3)cc21. The third-order valence-corrected chi connectivity index (χ3v) is 11.6. The maximum absolute atomic E-state index is 13.1. The van der Waals surface area contributed by atoms with E-state index in [9.17, 15) is 24.0 Å². The molecule has 3 atom stereocenters. The Hall–Kier alpha value is -5.84. The predicted molar refractivity (Wildman–Crippen MR) is 233 cm³/mol. The second-order valence-corrected chi connectivity index (χ2v) is 16.2. The number of aryl methyl sites for hydroxylation is 1. The molecule has 5 N–H and O–H groups in total. The first-order valence-electron chi connectivity index (χ1n) is 20.9. The van der Waals surface area contributed by atoms with E-state index in [2.05, 4.69) is 34.9 Å². The molecule has 2 amide bonds. The van der Waals surface area contributed by atoms with Crippen LogP contribution >= 0.6 is 11.3 Å². The van der Waals surface area contributed by atoms with Crippen molar-refractivity contribution in [2.24, 2.45) is 12.8 Å². The van der Waals surface area contributed by atoms with E-state index < -0.39 is 23.3 Å². The molecular formula is C42H52N10O10S. The maximum Gasteiger partial charge on any atom is 0.422 e. The largest absolute Gasteiger partial charge is 0.484 e. The van der Waals surface area contributed by atoms with Gasteiger partial charge < -0.3 is 49.6 Å². The van der Waals surface area contributed by atoms with Gasteiger partial charge in [-0.05, 0) is 49.4 Å².